The molecule has 0 N–H and O–H groups in total. The summed E-state index contributed by atoms with van der Waals surface area (Å²) >= 11 is 0. The van der Waals surface area contributed by atoms with Crippen molar-refractivity contribution >= 4 is 0 Å². The highest BCUT2D eigenvalue weighted by molar-refractivity contribution is 5.33. The van der Waals surface area contributed by atoms with Gasteiger partial charge in [0.2, 0.25) is 0 Å². The maximum Gasteiger partial charge on any atom is 0.170 e. The van der Waals surface area contributed by atoms with Crippen LogP contribution in [0.5, 0.6) is 0 Å². The van der Waals surface area contributed by atoms with Crippen LogP contribution in [-0.4, -0.2) is 11.4 Å². The lowest BCUT2D eigenvalue weighted by Crippen LogP contribution is -2.34. The molecule has 1 aliphatic rings. The molecule has 0 aromatic carbocycles. The molecule has 0 atom stereocenters. The Morgan fingerprint density at radius 3 is 2.60 bits per heavy atom. The van der Waals surface area contributed by atoms with E-state index in [9.17, 15) is 4.91 Å². The zero-order valence-corrected chi connectivity index (χ0v) is 11.0. The number of nitroso groups, excluding NO2 is 1. The highest BCUT2D eigenvalue weighted by atomic mass is 16.2. The molecule has 0 bridgehead atoms. The second-order valence-corrected chi connectivity index (χ2v) is 4.39. The molecule has 1 aliphatic heterocycles. The highest BCUT2D eigenvalue weighted by Gasteiger charge is 2.04. The van der Waals surface area contributed by atoms with E-state index in [1.807, 2.05) is 49.1 Å². The van der Waals surface area contributed by atoms with E-state index < -0.39 is 0 Å². The van der Waals surface area contributed by atoms with E-state index in [1.54, 1.807) is 0 Å². The summed E-state index contributed by atoms with van der Waals surface area (Å²) in [5.74, 6) is 0. The van der Waals surface area contributed by atoms with E-state index >= 15 is 0 Å². The number of hydrogen-bond donors (Lipinski definition) is 0. The second-order valence-electron chi connectivity index (χ2n) is 4.39. The summed E-state index contributed by atoms with van der Waals surface area (Å²) in [7, 11) is 0. The standard InChI is InChI=1S/C15H15N4O/c16-12-14-2-8-18(9-3-14)6-1-7-19-10-4-15(5-11-19)13-17-20/h2-5,8-11,13H,1,6-7H2/q+1. The Morgan fingerprint density at radius 1 is 1.30 bits per heavy atom. The molecular formula is C15H15N4O+. The summed E-state index contributed by atoms with van der Waals surface area (Å²) in [4.78, 5) is 12.2. The topological polar surface area (TPSA) is 60.3 Å². The van der Waals surface area contributed by atoms with Gasteiger partial charge in [0.25, 0.3) is 0 Å². The Labute approximate surface area is 117 Å². The number of allylic oxidation sites excluding steroid dienone is 3. The number of rotatable bonds is 5. The first-order valence-electron chi connectivity index (χ1n) is 6.36. The Kier molecular flexibility index (Phi) is 4.79. The number of aryl methyl sites for hydroxylation is 1. The summed E-state index contributed by atoms with van der Waals surface area (Å²) in [6.45, 7) is 1.78. The smallest absolute Gasteiger partial charge is 0.170 e. The predicted octanol–water partition coefficient (Wildman–Crippen LogP) is 2.23. The van der Waals surface area contributed by atoms with Crippen LogP contribution in [0.1, 0.15) is 12.0 Å². The van der Waals surface area contributed by atoms with Crippen LogP contribution < -0.4 is 4.57 Å². The van der Waals surface area contributed by atoms with Crippen molar-refractivity contribution in [2.45, 2.75) is 13.0 Å². The molecule has 0 aliphatic carbocycles. The first kappa shape index (κ1) is 13.7. The van der Waals surface area contributed by atoms with Crippen molar-refractivity contribution in [1.82, 2.24) is 4.90 Å². The van der Waals surface area contributed by atoms with E-state index in [4.69, 9.17) is 5.26 Å². The van der Waals surface area contributed by atoms with Gasteiger partial charge in [-0.1, -0.05) is 0 Å². The minimum atomic E-state index is 0.672. The monoisotopic (exact) mass is 267 g/mol. The molecule has 100 valence electrons. The van der Waals surface area contributed by atoms with Crippen LogP contribution in [0.2, 0.25) is 0 Å². The van der Waals surface area contributed by atoms with E-state index in [2.05, 4.69) is 20.7 Å². The molecule has 0 amide bonds. The van der Waals surface area contributed by atoms with Gasteiger partial charge in [-0.2, -0.15) is 5.26 Å². The predicted molar refractivity (Wildman–Crippen MR) is 74.8 cm³/mol. The first-order chi connectivity index (χ1) is 9.81. The van der Waals surface area contributed by atoms with E-state index in [1.165, 1.54) is 6.20 Å². The van der Waals surface area contributed by atoms with Crippen molar-refractivity contribution in [3.63, 3.8) is 0 Å². The molecular weight excluding hydrogens is 252 g/mol. The van der Waals surface area contributed by atoms with Crippen molar-refractivity contribution in [2.24, 2.45) is 5.18 Å². The van der Waals surface area contributed by atoms with Crippen LogP contribution in [0.3, 0.4) is 0 Å². The fourth-order valence-corrected chi connectivity index (χ4v) is 1.88. The Bertz CT molecular complexity index is 577. The third kappa shape index (κ3) is 3.89. The van der Waals surface area contributed by atoms with Crippen molar-refractivity contribution in [3.8, 4) is 6.07 Å². The lowest BCUT2D eigenvalue weighted by molar-refractivity contribution is -0.697. The van der Waals surface area contributed by atoms with Gasteiger partial charge in [0, 0.05) is 37.5 Å². The maximum atomic E-state index is 10.1. The molecule has 0 saturated heterocycles. The third-order valence-corrected chi connectivity index (χ3v) is 2.97. The number of nitrogens with zero attached hydrogens (tertiary/aromatic N) is 4. The number of hydrogen-bond acceptors (Lipinski definition) is 4. The number of pyridine rings is 1. The molecule has 2 heterocycles. The van der Waals surface area contributed by atoms with Gasteiger partial charge in [0.1, 0.15) is 6.54 Å². The minimum absolute atomic E-state index is 0.672. The molecule has 5 nitrogen and oxygen atoms in total. The van der Waals surface area contributed by atoms with Crippen molar-refractivity contribution in [1.29, 1.82) is 5.26 Å². The quantitative estimate of drug-likeness (QED) is 0.607. The van der Waals surface area contributed by atoms with Crippen molar-refractivity contribution in [3.05, 3.63) is 71.3 Å². The number of nitriles is 1. The van der Waals surface area contributed by atoms with E-state index in [0.29, 0.717) is 5.56 Å². The normalized spacial score (nSPS) is 13.2. The molecule has 0 saturated carbocycles. The molecule has 5 heteroatoms. The van der Waals surface area contributed by atoms with Crippen LogP contribution in [0.4, 0.5) is 0 Å². The zero-order valence-electron chi connectivity index (χ0n) is 11.0. The van der Waals surface area contributed by atoms with Gasteiger partial charge < -0.3 is 4.90 Å². The lowest BCUT2D eigenvalue weighted by Gasteiger charge is -2.17. The van der Waals surface area contributed by atoms with Crippen molar-refractivity contribution < 1.29 is 4.57 Å². The maximum absolute atomic E-state index is 10.1. The Morgan fingerprint density at radius 2 is 2.00 bits per heavy atom. The molecule has 0 unspecified atom stereocenters. The summed E-state index contributed by atoms with van der Waals surface area (Å²) < 4.78 is 2.06. The first-order valence-corrected chi connectivity index (χ1v) is 6.36. The van der Waals surface area contributed by atoms with Gasteiger partial charge in [-0.15, -0.1) is 4.91 Å². The summed E-state index contributed by atoms with van der Waals surface area (Å²) in [6.07, 6.45) is 13.7. The van der Waals surface area contributed by atoms with Crippen LogP contribution in [0.25, 0.3) is 0 Å². The average Bonchev–Trinajstić information content (AvgIpc) is 2.50. The van der Waals surface area contributed by atoms with Gasteiger partial charge in [-0.3, -0.25) is 0 Å². The van der Waals surface area contributed by atoms with Crippen LogP contribution in [0.15, 0.2) is 66.0 Å². The lowest BCUT2D eigenvalue weighted by atomic mass is 10.2. The molecule has 20 heavy (non-hydrogen) atoms. The van der Waals surface area contributed by atoms with Crippen molar-refractivity contribution in [2.75, 3.05) is 6.54 Å². The molecule has 1 aromatic heterocycles. The molecule has 0 fully saturated rings. The zero-order chi connectivity index (χ0) is 14.2. The SMILES string of the molecule is N#Cc1cc[n+](CCCN2C=CC(=CN=O)C=C2)cc1. The van der Waals surface area contributed by atoms with E-state index in [-0.39, 0.29) is 0 Å². The molecule has 2 rings (SSSR count). The van der Waals surface area contributed by atoms with Gasteiger partial charge >= 0.3 is 0 Å². The largest absolute Gasteiger partial charge is 0.354 e. The molecule has 0 radical (unpaired) electrons. The molecule has 0 spiro atoms. The van der Waals surface area contributed by atoms with Gasteiger partial charge in [-0.05, 0) is 22.9 Å². The van der Waals surface area contributed by atoms with Crippen LogP contribution in [-0.2, 0) is 6.54 Å². The summed E-state index contributed by atoms with van der Waals surface area (Å²) in [5, 5.41) is 11.5. The van der Waals surface area contributed by atoms with E-state index in [0.717, 1.165) is 25.1 Å². The highest BCUT2D eigenvalue weighted by Crippen LogP contribution is 2.09. The average molecular weight is 267 g/mol. The summed E-state index contributed by atoms with van der Waals surface area (Å²) in [6, 6.07) is 5.72. The summed E-state index contributed by atoms with van der Waals surface area (Å²) in [5.41, 5.74) is 1.48. The minimum Gasteiger partial charge on any atom is -0.354 e. The third-order valence-electron chi connectivity index (χ3n) is 2.97. The Hall–Kier alpha value is -2.74. The van der Waals surface area contributed by atoms with Crippen LogP contribution in [0, 0.1) is 16.2 Å². The van der Waals surface area contributed by atoms with Crippen LogP contribution >= 0.6 is 0 Å². The second kappa shape index (κ2) is 7.00. The fraction of sp³-hybridized carbons (Fsp3) is 0.200. The van der Waals surface area contributed by atoms with Gasteiger partial charge in [0.15, 0.2) is 12.4 Å². The molecule has 1 aromatic rings. The fourth-order valence-electron chi connectivity index (χ4n) is 1.88. The van der Waals surface area contributed by atoms with Gasteiger partial charge in [-0.25, -0.2) is 4.57 Å². The Balaban J connectivity index is 1.78. The van der Waals surface area contributed by atoms with Gasteiger partial charge in [0.05, 0.1) is 17.8 Å². The number of aromatic nitrogens is 1.